The molecular weight excluding hydrogens is 256 g/mol. The van der Waals surface area contributed by atoms with Gasteiger partial charge in [-0.3, -0.25) is 0 Å². The summed E-state index contributed by atoms with van der Waals surface area (Å²) in [4.78, 5) is 8.47. The van der Waals surface area contributed by atoms with E-state index in [2.05, 4.69) is 15.4 Å². The predicted molar refractivity (Wildman–Crippen MR) is 76.6 cm³/mol. The molecule has 106 valence electrons. The lowest BCUT2D eigenvalue weighted by molar-refractivity contribution is 0.297. The van der Waals surface area contributed by atoms with E-state index in [1.807, 2.05) is 31.2 Å². The van der Waals surface area contributed by atoms with Gasteiger partial charge in [0.25, 0.3) is 0 Å². The molecule has 0 bridgehead atoms. The van der Waals surface area contributed by atoms with Gasteiger partial charge in [-0.05, 0) is 31.9 Å². The van der Waals surface area contributed by atoms with Gasteiger partial charge in [0.05, 0.1) is 5.56 Å². The standard InChI is InChI=1S/C14H18N4O2/c1-9-13(18-15)16-10(2)17-14(9)20-12-6-4-3-5-11(12)7-8-19/h3-6,19H,7-8,15H2,1-2H3,(H,16,17,18). The van der Waals surface area contributed by atoms with Gasteiger partial charge in [-0.25, -0.2) is 10.8 Å². The molecule has 2 aromatic rings. The molecule has 4 N–H and O–H groups in total. The second-order valence-corrected chi connectivity index (χ2v) is 4.38. The first-order chi connectivity index (χ1) is 9.65. The molecule has 0 aliphatic rings. The van der Waals surface area contributed by atoms with Crippen LogP contribution in [0.3, 0.4) is 0 Å². The molecule has 6 nitrogen and oxygen atoms in total. The Bertz CT molecular complexity index is 602. The fourth-order valence-corrected chi connectivity index (χ4v) is 1.88. The van der Waals surface area contributed by atoms with Crippen molar-refractivity contribution in [3.63, 3.8) is 0 Å². The van der Waals surface area contributed by atoms with Crippen LogP contribution >= 0.6 is 0 Å². The Morgan fingerprint density at radius 2 is 2.00 bits per heavy atom. The minimum atomic E-state index is 0.0672. The molecule has 0 fully saturated rings. The van der Waals surface area contributed by atoms with Crippen molar-refractivity contribution in [2.45, 2.75) is 20.3 Å². The number of nitrogens with zero attached hydrogens (tertiary/aromatic N) is 2. The fraction of sp³-hybridized carbons (Fsp3) is 0.286. The number of aliphatic hydroxyl groups excluding tert-OH is 1. The molecule has 0 amide bonds. The van der Waals surface area contributed by atoms with E-state index in [1.165, 1.54) is 0 Å². The van der Waals surface area contributed by atoms with Crippen LogP contribution in [0.4, 0.5) is 5.82 Å². The molecule has 0 aliphatic carbocycles. The average Bonchev–Trinajstić information content (AvgIpc) is 2.44. The number of aliphatic hydroxyl groups is 1. The number of hydrazine groups is 1. The summed E-state index contributed by atoms with van der Waals surface area (Å²) in [6.45, 7) is 3.67. The largest absolute Gasteiger partial charge is 0.438 e. The van der Waals surface area contributed by atoms with Gasteiger partial charge >= 0.3 is 0 Å². The van der Waals surface area contributed by atoms with Crippen molar-refractivity contribution in [1.82, 2.24) is 9.97 Å². The number of ether oxygens (including phenoxy) is 1. The maximum Gasteiger partial charge on any atom is 0.227 e. The topological polar surface area (TPSA) is 93.3 Å². The smallest absolute Gasteiger partial charge is 0.227 e. The van der Waals surface area contributed by atoms with Crippen molar-refractivity contribution >= 4 is 5.82 Å². The highest BCUT2D eigenvalue weighted by molar-refractivity contribution is 5.49. The molecular formula is C14H18N4O2. The van der Waals surface area contributed by atoms with Crippen molar-refractivity contribution in [1.29, 1.82) is 0 Å². The van der Waals surface area contributed by atoms with E-state index >= 15 is 0 Å². The monoisotopic (exact) mass is 274 g/mol. The molecule has 20 heavy (non-hydrogen) atoms. The number of rotatable bonds is 5. The quantitative estimate of drug-likeness (QED) is 0.567. The Hall–Kier alpha value is -2.18. The summed E-state index contributed by atoms with van der Waals surface area (Å²) in [6.07, 6.45) is 0.529. The predicted octanol–water partition coefficient (Wildman–Crippen LogP) is 1.71. The van der Waals surface area contributed by atoms with Gasteiger partial charge in [0.15, 0.2) is 0 Å². The van der Waals surface area contributed by atoms with Crippen molar-refractivity contribution < 1.29 is 9.84 Å². The second-order valence-electron chi connectivity index (χ2n) is 4.38. The van der Waals surface area contributed by atoms with E-state index in [0.717, 1.165) is 11.1 Å². The zero-order valence-electron chi connectivity index (χ0n) is 11.6. The van der Waals surface area contributed by atoms with Crippen molar-refractivity contribution in [2.75, 3.05) is 12.0 Å². The summed E-state index contributed by atoms with van der Waals surface area (Å²) in [5.41, 5.74) is 4.19. The molecule has 0 spiro atoms. The number of hydrogen-bond donors (Lipinski definition) is 3. The van der Waals surface area contributed by atoms with E-state index in [1.54, 1.807) is 6.92 Å². The first-order valence-electron chi connectivity index (χ1n) is 6.34. The molecule has 1 heterocycles. The lowest BCUT2D eigenvalue weighted by Gasteiger charge is -2.13. The summed E-state index contributed by atoms with van der Waals surface area (Å²) in [7, 11) is 0. The number of anilines is 1. The van der Waals surface area contributed by atoms with E-state index in [9.17, 15) is 0 Å². The van der Waals surface area contributed by atoms with Crippen molar-refractivity contribution in [3.05, 3.63) is 41.2 Å². The normalized spacial score (nSPS) is 10.4. The lowest BCUT2D eigenvalue weighted by atomic mass is 10.1. The van der Waals surface area contributed by atoms with Crippen LogP contribution in [0.15, 0.2) is 24.3 Å². The number of benzene rings is 1. The molecule has 0 atom stereocenters. The Morgan fingerprint density at radius 1 is 1.25 bits per heavy atom. The number of nitrogens with one attached hydrogen (secondary N) is 1. The molecule has 2 rings (SSSR count). The first-order valence-corrected chi connectivity index (χ1v) is 6.34. The average molecular weight is 274 g/mol. The first kappa shape index (κ1) is 14.2. The van der Waals surface area contributed by atoms with Gasteiger partial charge < -0.3 is 15.3 Å². The van der Waals surface area contributed by atoms with Crippen LogP contribution in [-0.4, -0.2) is 21.7 Å². The Labute approximate surface area is 117 Å². The van der Waals surface area contributed by atoms with Crippen LogP contribution in [-0.2, 0) is 6.42 Å². The zero-order valence-corrected chi connectivity index (χ0v) is 11.6. The van der Waals surface area contributed by atoms with Crippen LogP contribution in [0.2, 0.25) is 0 Å². The van der Waals surface area contributed by atoms with Gasteiger partial charge in [-0.15, -0.1) is 0 Å². The summed E-state index contributed by atoms with van der Waals surface area (Å²) in [6, 6.07) is 7.54. The summed E-state index contributed by atoms with van der Waals surface area (Å²) < 4.78 is 5.86. The Kier molecular flexibility index (Phi) is 4.49. The van der Waals surface area contributed by atoms with E-state index in [0.29, 0.717) is 29.7 Å². The van der Waals surface area contributed by atoms with Crippen LogP contribution in [0.5, 0.6) is 11.6 Å². The fourth-order valence-electron chi connectivity index (χ4n) is 1.88. The number of aromatic nitrogens is 2. The van der Waals surface area contributed by atoms with Crippen LogP contribution in [0, 0.1) is 13.8 Å². The van der Waals surface area contributed by atoms with Crippen LogP contribution in [0.1, 0.15) is 17.0 Å². The molecule has 6 heteroatoms. The number of para-hydroxylation sites is 1. The molecule has 0 radical (unpaired) electrons. The minimum Gasteiger partial charge on any atom is -0.438 e. The third-order valence-electron chi connectivity index (χ3n) is 2.91. The lowest BCUT2D eigenvalue weighted by Crippen LogP contribution is -2.12. The van der Waals surface area contributed by atoms with Gasteiger partial charge in [-0.1, -0.05) is 18.2 Å². The zero-order chi connectivity index (χ0) is 14.5. The number of nitrogens with two attached hydrogens (primary N) is 1. The Balaban J connectivity index is 2.37. The van der Waals surface area contributed by atoms with Crippen molar-refractivity contribution in [3.8, 4) is 11.6 Å². The maximum atomic E-state index is 9.08. The number of aryl methyl sites for hydroxylation is 1. The second kappa shape index (κ2) is 6.31. The van der Waals surface area contributed by atoms with E-state index in [4.69, 9.17) is 15.7 Å². The molecule has 1 aromatic carbocycles. The summed E-state index contributed by atoms with van der Waals surface area (Å²) >= 11 is 0. The molecule has 0 saturated carbocycles. The summed E-state index contributed by atoms with van der Waals surface area (Å²) in [5.74, 6) is 7.66. The molecule has 0 saturated heterocycles. The van der Waals surface area contributed by atoms with E-state index in [-0.39, 0.29) is 6.61 Å². The highest BCUT2D eigenvalue weighted by Gasteiger charge is 2.12. The van der Waals surface area contributed by atoms with E-state index < -0.39 is 0 Å². The van der Waals surface area contributed by atoms with Crippen LogP contribution in [0.25, 0.3) is 0 Å². The Morgan fingerprint density at radius 3 is 2.70 bits per heavy atom. The third-order valence-corrected chi connectivity index (χ3v) is 2.91. The van der Waals surface area contributed by atoms with Gasteiger partial charge in [0.2, 0.25) is 5.88 Å². The minimum absolute atomic E-state index is 0.0672. The molecule has 0 unspecified atom stereocenters. The number of hydrogen-bond acceptors (Lipinski definition) is 6. The van der Waals surface area contributed by atoms with Gasteiger partial charge in [-0.2, -0.15) is 4.98 Å². The third kappa shape index (κ3) is 3.04. The molecule has 0 aliphatic heterocycles. The van der Waals surface area contributed by atoms with Gasteiger partial charge in [0.1, 0.15) is 17.4 Å². The summed E-state index contributed by atoms with van der Waals surface area (Å²) in [5, 5.41) is 9.08. The van der Waals surface area contributed by atoms with Gasteiger partial charge in [0, 0.05) is 6.61 Å². The number of nitrogen functional groups attached to an aromatic ring is 1. The maximum absolute atomic E-state index is 9.08. The van der Waals surface area contributed by atoms with Crippen molar-refractivity contribution in [2.24, 2.45) is 5.84 Å². The highest BCUT2D eigenvalue weighted by atomic mass is 16.5. The molecule has 1 aromatic heterocycles. The highest BCUT2D eigenvalue weighted by Crippen LogP contribution is 2.29. The SMILES string of the molecule is Cc1nc(NN)c(C)c(Oc2ccccc2CCO)n1. The van der Waals surface area contributed by atoms with Crippen LogP contribution < -0.4 is 16.0 Å².